The number of rotatable bonds is 5. The fraction of sp³-hybridized carbons (Fsp3) is 0.357. The van der Waals surface area contributed by atoms with E-state index in [1.165, 1.54) is 6.26 Å². The lowest BCUT2D eigenvalue weighted by Gasteiger charge is -2.24. The summed E-state index contributed by atoms with van der Waals surface area (Å²) < 4.78 is 22.9. The van der Waals surface area contributed by atoms with Gasteiger partial charge in [0.2, 0.25) is 0 Å². The summed E-state index contributed by atoms with van der Waals surface area (Å²) in [6, 6.07) is 7.28. The summed E-state index contributed by atoms with van der Waals surface area (Å²) in [5.74, 6) is 0. The molecule has 1 aromatic heterocycles. The van der Waals surface area contributed by atoms with Gasteiger partial charge in [0.1, 0.15) is 0 Å². The third-order valence-corrected chi connectivity index (χ3v) is 5.11. The maximum Gasteiger partial charge on any atom is 0.175 e. The van der Waals surface area contributed by atoms with Gasteiger partial charge in [0.05, 0.1) is 16.1 Å². The highest BCUT2D eigenvalue weighted by Gasteiger charge is 2.14. The molecular weight excluding hydrogens is 292 g/mol. The van der Waals surface area contributed by atoms with Gasteiger partial charge in [-0.3, -0.25) is 4.90 Å². The Bertz CT molecular complexity index is 649. The molecule has 0 saturated carbocycles. The van der Waals surface area contributed by atoms with Gasteiger partial charge in [-0.1, -0.05) is 12.1 Å². The Labute approximate surface area is 124 Å². The van der Waals surface area contributed by atoms with Crippen molar-refractivity contribution in [3.63, 3.8) is 0 Å². The highest BCUT2D eigenvalue weighted by atomic mass is 32.2. The zero-order chi connectivity index (χ0) is 14.8. The molecule has 0 radical (unpaired) electrons. The minimum Gasteiger partial charge on any atom is -0.294 e. The molecule has 1 heterocycles. The lowest BCUT2D eigenvalue weighted by atomic mass is 10.1. The van der Waals surface area contributed by atoms with Crippen LogP contribution >= 0.6 is 11.3 Å². The standard InChI is InChI=1S/C14H18N2O2S2/c1-11(16(2)8-13-9-19-10-15-13)12-4-6-14(7-5-12)20(3,17)18/h4-7,9-11H,8H2,1-3H3/t11-/m1/s1. The van der Waals surface area contributed by atoms with Gasteiger partial charge < -0.3 is 0 Å². The average molecular weight is 310 g/mol. The molecular formula is C14H18N2O2S2. The first-order chi connectivity index (χ1) is 9.38. The Morgan fingerprint density at radius 1 is 1.30 bits per heavy atom. The molecule has 2 rings (SSSR count). The normalized spacial score (nSPS) is 13.6. The number of aromatic nitrogens is 1. The quantitative estimate of drug-likeness (QED) is 0.852. The minimum atomic E-state index is -3.13. The van der Waals surface area contributed by atoms with Crippen LogP contribution in [0.5, 0.6) is 0 Å². The van der Waals surface area contributed by atoms with Crippen LogP contribution in [0.1, 0.15) is 24.2 Å². The third kappa shape index (κ3) is 3.65. The van der Waals surface area contributed by atoms with E-state index in [1.54, 1.807) is 23.5 Å². The van der Waals surface area contributed by atoms with Gasteiger partial charge >= 0.3 is 0 Å². The van der Waals surface area contributed by atoms with Gasteiger partial charge in [0, 0.05) is 24.2 Å². The van der Waals surface area contributed by atoms with E-state index in [9.17, 15) is 8.42 Å². The fourth-order valence-electron chi connectivity index (χ4n) is 1.96. The second kappa shape index (κ2) is 6.03. The number of sulfone groups is 1. The summed E-state index contributed by atoms with van der Waals surface area (Å²) in [5.41, 5.74) is 3.97. The summed E-state index contributed by atoms with van der Waals surface area (Å²) in [6.07, 6.45) is 1.22. The zero-order valence-electron chi connectivity index (χ0n) is 11.8. The van der Waals surface area contributed by atoms with Gasteiger partial charge in [-0.2, -0.15) is 0 Å². The number of hydrogen-bond donors (Lipinski definition) is 0. The highest BCUT2D eigenvalue weighted by molar-refractivity contribution is 7.90. The molecule has 0 bridgehead atoms. The lowest BCUT2D eigenvalue weighted by Crippen LogP contribution is -2.22. The maximum atomic E-state index is 11.4. The predicted molar refractivity (Wildman–Crippen MR) is 81.5 cm³/mol. The van der Waals surface area contributed by atoms with Crippen LogP contribution in [0.2, 0.25) is 0 Å². The number of thiazole rings is 1. The predicted octanol–water partition coefficient (Wildman–Crippen LogP) is 2.74. The Balaban J connectivity index is 2.10. The Morgan fingerprint density at radius 2 is 1.95 bits per heavy atom. The molecule has 0 unspecified atom stereocenters. The van der Waals surface area contributed by atoms with E-state index in [0.29, 0.717) is 4.90 Å². The Morgan fingerprint density at radius 3 is 2.45 bits per heavy atom. The van der Waals surface area contributed by atoms with Crippen molar-refractivity contribution in [2.75, 3.05) is 13.3 Å². The highest BCUT2D eigenvalue weighted by Crippen LogP contribution is 2.22. The van der Waals surface area contributed by atoms with Gasteiger partial charge in [-0.05, 0) is 31.7 Å². The van der Waals surface area contributed by atoms with Crippen LogP contribution in [0.25, 0.3) is 0 Å². The third-order valence-electron chi connectivity index (χ3n) is 3.35. The summed E-state index contributed by atoms with van der Waals surface area (Å²) in [5, 5.41) is 2.04. The number of nitrogens with zero attached hydrogens (tertiary/aromatic N) is 2. The molecule has 0 aliphatic carbocycles. The Hall–Kier alpha value is -1.24. The first-order valence-electron chi connectivity index (χ1n) is 6.25. The molecule has 0 saturated heterocycles. The molecule has 0 aliphatic heterocycles. The molecule has 4 nitrogen and oxygen atoms in total. The van der Waals surface area contributed by atoms with Crippen LogP contribution in [-0.4, -0.2) is 31.6 Å². The molecule has 6 heteroatoms. The topological polar surface area (TPSA) is 50.3 Å². The molecule has 0 fully saturated rings. The summed E-state index contributed by atoms with van der Waals surface area (Å²) >= 11 is 1.59. The van der Waals surface area contributed by atoms with Crippen molar-refractivity contribution in [1.29, 1.82) is 0 Å². The van der Waals surface area contributed by atoms with Gasteiger partial charge in [-0.25, -0.2) is 13.4 Å². The molecule has 0 aliphatic rings. The molecule has 1 atom stereocenters. The van der Waals surface area contributed by atoms with Crippen LogP contribution in [0, 0.1) is 0 Å². The van der Waals surface area contributed by atoms with Crippen LogP contribution in [-0.2, 0) is 16.4 Å². The monoisotopic (exact) mass is 310 g/mol. The molecule has 108 valence electrons. The summed E-state index contributed by atoms with van der Waals surface area (Å²) in [6.45, 7) is 2.88. The van der Waals surface area contributed by atoms with E-state index in [4.69, 9.17) is 0 Å². The van der Waals surface area contributed by atoms with E-state index < -0.39 is 9.84 Å². The lowest BCUT2D eigenvalue weighted by molar-refractivity contribution is 0.250. The second-order valence-corrected chi connectivity index (χ2v) is 7.65. The van der Waals surface area contributed by atoms with Crippen LogP contribution in [0.3, 0.4) is 0 Å². The zero-order valence-corrected chi connectivity index (χ0v) is 13.4. The number of benzene rings is 1. The molecule has 0 amide bonds. The average Bonchev–Trinajstić information content (AvgIpc) is 2.90. The summed E-state index contributed by atoms with van der Waals surface area (Å²) in [4.78, 5) is 6.82. The largest absolute Gasteiger partial charge is 0.294 e. The van der Waals surface area contributed by atoms with Gasteiger partial charge in [0.25, 0.3) is 0 Å². The number of hydrogen-bond acceptors (Lipinski definition) is 5. The van der Waals surface area contributed by atoms with E-state index in [1.807, 2.05) is 30.1 Å². The Kier molecular flexibility index (Phi) is 4.57. The minimum absolute atomic E-state index is 0.199. The van der Waals surface area contributed by atoms with Crippen LogP contribution in [0.15, 0.2) is 40.1 Å². The maximum absolute atomic E-state index is 11.4. The SMILES string of the molecule is C[C@H](c1ccc(S(C)(=O)=O)cc1)N(C)Cc1cscn1. The molecule has 0 spiro atoms. The van der Waals surface area contributed by atoms with E-state index >= 15 is 0 Å². The first kappa shape index (κ1) is 15.2. The van der Waals surface area contributed by atoms with Crippen molar-refractivity contribution in [3.05, 3.63) is 46.4 Å². The van der Waals surface area contributed by atoms with Crippen molar-refractivity contribution in [1.82, 2.24) is 9.88 Å². The first-order valence-corrected chi connectivity index (χ1v) is 9.08. The van der Waals surface area contributed by atoms with Crippen molar-refractivity contribution < 1.29 is 8.42 Å². The van der Waals surface area contributed by atoms with Crippen LogP contribution in [0.4, 0.5) is 0 Å². The van der Waals surface area contributed by atoms with Crippen LogP contribution < -0.4 is 0 Å². The smallest absolute Gasteiger partial charge is 0.175 e. The van der Waals surface area contributed by atoms with Crippen molar-refractivity contribution in [2.24, 2.45) is 0 Å². The second-order valence-electron chi connectivity index (χ2n) is 4.91. The van der Waals surface area contributed by atoms with E-state index in [2.05, 4.69) is 16.8 Å². The van der Waals surface area contributed by atoms with Gasteiger partial charge in [-0.15, -0.1) is 11.3 Å². The van der Waals surface area contributed by atoms with Crippen molar-refractivity contribution in [3.8, 4) is 0 Å². The van der Waals surface area contributed by atoms with E-state index in [-0.39, 0.29) is 6.04 Å². The molecule has 2 aromatic rings. The van der Waals surface area contributed by atoms with Crippen molar-refractivity contribution >= 4 is 21.2 Å². The molecule has 20 heavy (non-hydrogen) atoms. The van der Waals surface area contributed by atoms with E-state index in [0.717, 1.165) is 17.8 Å². The van der Waals surface area contributed by atoms with Gasteiger partial charge in [0.15, 0.2) is 9.84 Å². The fourth-order valence-corrected chi connectivity index (χ4v) is 3.14. The summed E-state index contributed by atoms with van der Waals surface area (Å²) in [7, 11) is -1.09. The molecule has 1 aromatic carbocycles. The molecule has 0 N–H and O–H groups in total. The van der Waals surface area contributed by atoms with Crippen molar-refractivity contribution in [2.45, 2.75) is 24.4 Å².